The molecular formula is C16H17Cl4N5. The van der Waals surface area contributed by atoms with Crippen LogP contribution in [0.5, 0.6) is 0 Å². The van der Waals surface area contributed by atoms with Crippen LogP contribution in [0.1, 0.15) is 12.2 Å². The van der Waals surface area contributed by atoms with Gasteiger partial charge in [-0.2, -0.15) is 9.97 Å². The van der Waals surface area contributed by atoms with Gasteiger partial charge in [-0.15, -0.1) is 0 Å². The molecule has 1 saturated heterocycles. The molecule has 1 aliphatic heterocycles. The fraction of sp³-hybridized carbons (Fsp3) is 0.438. The van der Waals surface area contributed by atoms with Crippen molar-refractivity contribution in [3.05, 3.63) is 35.1 Å². The van der Waals surface area contributed by atoms with Gasteiger partial charge < -0.3 is 9.80 Å². The van der Waals surface area contributed by atoms with Gasteiger partial charge in [0.05, 0.1) is 0 Å². The van der Waals surface area contributed by atoms with E-state index in [-0.39, 0.29) is 5.82 Å². The molecule has 1 aliphatic rings. The molecule has 9 heteroatoms. The number of likely N-dealkylation sites (N-methyl/N-ethyl adjacent to an activating group) is 1. The molecule has 1 atom stereocenters. The van der Waals surface area contributed by atoms with E-state index in [2.05, 4.69) is 38.8 Å². The molecule has 0 aliphatic carbocycles. The molecule has 1 unspecified atom stereocenters. The summed E-state index contributed by atoms with van der Waals surface area (Å²) in [5.41, 5.74) is 0.784. The highest BCUT2D eigenvalue weighted by atomic mass is 35.6. The van der Waals surface area contributed by atoms with Gasteiger partial charge in [-0.05, 0) is 44.8 Å². The fourth-order valence-electron chi connectivity index (χ4n) is 2.71. The third kappa shape index (κ3) is 4.47. The van der Waals surface area contributed by atoms with E-state index in [0.717, 1.165) is 25.1 Å². The lowest BCUT2D eigenvalue weighted by Crippen LogP contribution is -2.32. The molecule has 1 aromatic heterocycles. The molecule has 0 radical (unpaired) electrons. The van der Waals surface area contributed by atoms with E-state index in [9.17, 15) is 0 Å². The molecular weight excluding hydrogens is 404 g/mol. The molecule has 5 nitrogen and oxygen atoms in total. The highest BCUT2D eigenvalue weighted by molar-refractivity contribution is 6.66. The summed E-state index contributed by atoms with van der Waals surface area (Å²) in [6, 6.07) is 7.64. The summed E-state index contributed by atoms with van der Waals surface area (Å²) in [5.74, 6) is 1.09. The Morgan fingerprint density at radius 3 is 2.32 bits per heavy atom. The van der Waals surface area contributed by atoms with E-state index in [4.69, 9.17) is 46.4 Å². The summed E-state index contributed by atoms with van der Waals surface area (Å²) in [6.07, 6.45) is 1.03. The molecule has 1 fully saturated rings. The molecule has 2 heterocycles. The Morgan fingerprint density at radius 2 is 1.76 bits per heavy atom. The van der Waals surface area contributed by atoms with E-state index in [1.807, 2.05) is 12.1 Å². The van der Waals surface area contributed by atoms with Gasteiger partial charge in [0.25, 0.3) is 0 Å². The maximum Gasteiger partial charge on any atom is 0.250 e. The average molecular weight is 421 g/mol. The first-order valence-electron chi connectivity index (χ1n) is 7.74. The van der Waals surface area contributed by atoms with Gasteiger partial charge >= 0.3 is 0 Å². The average Bonchev–Trinajstić information content (AvgIpc) is 3.04. The van der Waals surface area contributed by atoms with Gasteiger partial charge in [-0.25, -0.2) is 4.98 Å². The molecule has 0 spiro atoms. The fourth-order valence-corrected chi connectivity index (χ4v) is 3.09. The molecule has 0 saturated carbocycles. The lowest BCUT2D eigenvalue weighted by molar-refractivity contribution is 0.315. The Kier molecular flexibility index (Phi) is 5.61. The standard InChI is InChI=1S/C16H17Cl4N5/c1-24(2)12-7-8-25(9-12)15-22-13(10-3-5-11(17)6-4-10)21-14(23-15)16(18,19)20/h3-6,12H,7-9H2,1-2H3. The largest absolute Gasteiger partial charge is 0.339 e. The lowest BCUT2D eigenvalue weighted by Gasteiger charge is -2.21. The third-order valence-electron chi connectivity index (χ3n) is 4.16. The predicted octanol–water partition coefficient (Wildman–Crippen LogP) is 4.16. The highest BCUT2D eigenvalue weighted by Gasteiger charge is 2.31. The topological polar surface area (TPSA) is 45.2 Å². The molecule has 1 aromatic carbocycles. The first kappa shape index (κ1) is 18.9. The van der Waals surface area contributed by atoms with Gasteiger partial charge in [0, 0.05) is 29.7 Å². The van der Waals surface area contributed by atoms with Crippen molar-refractivity contribution in [3.63, 3.8) is 0 Å². The SMILES string of the molecule is CN(C)C1CCN(c2nc(-c3ccc(Cl)cc3)nc(C(Cl)(Cl)Cl)n2)C1. The zero-order valence-corrected chi connectivity index (χ0v) is 16.8. The number of halogens is 4. The van der Waals surface area contributed by atoms with Crippen LogP contribution < -0.4 is 4.90 Å². The van der Waals surface area contributed by atoms with Crippen LogP contribution in [-0.4, -0.2) is 53.1 Å². The first-order valence-corrected chi connectivity index (χ1v) is 9.26. The number of benzene rings is 1. The zero-order valence-electron chi connectivity index (χ0n) is 13.8. The molecule has 134 valence electrons. The second-order valence-electron chi connectivity index (χ2n) is 6.14. The van der Waals surface area contributed by atoms with E-state index in [1.165, 1.54) is 0 Å². The Hall–Kier alpha value is -0.850. The number of anilines is 1. The summed E-state index contributed by atoms with van der Waals surface area (Å²) in [6.45, 7) is 1.66. The van der Waals surface area contributed by atoms with E-state index >= 15 is 0 Å². The van der Waals surface area contributed by atoms with Crippen LogP contribution in [0.25, 0.3) is 11.4 Å². The van der Waals surface area contributed by atoms with Crippen molar-refractivity contribution < 1.29 is 0 Å². The summed E-state index contributed by atoms with van der Waals surface area (Å²) in [7, 11) is 4.13. The van der Waals surface area contributed by atoms with Crippen LogP contribution in [0.2, 0.25) is 5.02 Å². The lowest BCUT2D eigenvalue weighted by atomic mass is 10.2. The van der Waals surface area contributed by atoms with Gasteiger partial charge in [0.2, 0.25) is 9.74 Å². The molecule has 2 aromatic rings. The third-order valence-corrected chi connectivity index (χ3v) is 4.92. The number of aromatic nitrogens is 3. The Morgan fingerprint density at radius 1 is 1.08 bits per heavy atom. The Bertz CT molecular complexity index is 745. The molecule has 25 heavy (non-hydrogen) atoms. The number of nitrogens with zero attached hydrogens (tertiary/aromatic N) is 5. The van der Waals surface area contributed by atoms with E-state index < -0.39 is 3.79 Å². The van der Waals surface area contributed by atoms with Crippen molar-refractivity contribution in [1.29, 1.82) is 0 Å². The number of hydrogen-bond donors (Lipinski definition) is 0. The second kappa shape index (κ2) is 7.41. The molecule has 0 amide bonds. The van der Waals surface area contributed by atoms with Crippen molar-refractivity contribution in [2.45, 2.75) is 16.3 Å². The second-order valence-corrected chi connectivity index (χ2v) is 8.86. The van der Waals surface area contributed by atoms with Crippen molar-refractivity contribution in [2.75, 3.05) is 32.1 Å². The minimum absolute atomic E-state index is 0.112. The van der Waals surface area contributed by atoms with Crippen molar-refractivity contribution in [3.8, 4) is 11.4 Å². The van der Waals surface area contributed by atoms with E-state index in [1.54, 1.807) is 12.1 Å². The van der Waals surface area contributed by atoms with Gasteiger partial charge in [0.15, 0.2) is 11.6 Å². The van der Waals surface area contributed by atoms with Gasteiger partial charge in [-0.1, -0.05) is 46.4 Å². The number of hydrogen-bond acceptors (Lipinski definition) is 5. The summed E-state index contributed by atoms with van der Waals surface area (Å²) in [4.78, 5) is 17.6. The molecule has 3 rings (SSSR count). The first-order chi connectivity index (χ1) is 11.7. The Labute approximate surface area is 166 Å². The zero-order chi connectivity index (χ0) is 18.2. The number of alkyl halides is 3. The summed E-state index contributed by atoms with van der Waals surface area (Å²) < 4.78 is -1.72. The van der Waals surface area contributed by atoms with Crippen molar-refractivity contribution in [2.24, 2.45) is 0 Å². The smallest absolute Gasteiger partial charge is 0.250 e. The van der Waals surface area contributed by atoms with E-state index in [0.29, 0.717) is 22.8 Å². The van der Waals surface area contributed by atoms with Crippen molar-refractivity contribution >= 4 is 52.4 Å². The van der Waals surface area contributed by atoms with Crippen LogP contribution >= 0.6 is 46.4 Å². The number of rotatable bonds is 3. The molecule has 0 N–H and O–H groups in total. The predicted molar refractivity (Wildman–Crippen MR) is 104 cm³/mol. The minimum atomic E-state index is -1.72. The van der Waals surface area contributed by atoms with Crippen LogP contribution in [-0.2, 0) is 3.79 Å². The van der Waals surface area contributed by atoms with Crippen molar-refractivity contribution in [1.82, 2.24) is 19.9 Å². The normalized spacial score (nSPS) is 18.2. The van der Waals surface area contributed by atoms with Crippen LogP contribution in [0, 0.1) is 0 Å². The molecule has 0 bridgehead atoms. The van der Waals surface area contributed by atoms with Gasteiger partial charge in [-0.3, -0.25) is 0 Å². The maximum absolute atomic E-state index is 6.03. The summed E-state index contributed by atoms with van der Waals surface area (Å²) in [5, 5.41) is 0.632. The van der Waals surface area contributed by atoms with Crippen LogP contribution in [0.3, 0.4) is 0 Å². The quantitative estimate of drug-likeness (QED) is 0.697. The Balaban J connectivity index is 2.01. The van der Waals surface area contributed by atoms with Crippen LogP contribution in [0.4, 0.5) is 5.95 Å². The van der Waals surface area contributed by atoms with Gasteiger partial charge in [0.1, 0.15) is 0 Å². The minimum Gasteiger partial charge on any atom is -0.339 e. The monoisotopic (exact) mass is 419 g/mol. The maximum atomic E-state index is 6.03. The summed E-state index contributed by atoms with van der Waals surface area (Å²) >= 11 is 24.0. The highest BCUT2D eigenvalue weighted by Crippen LogP contribution is 2.37. The van der Waals surface area contributed by atoms with Crippen LogP contribution in [0.15, 0.2) is 24.3 Å².